The van der Waals surface area contributed by atoms with E-state index in [0.29, 0.717) is 12.4 Å². The summed E-state index contributed by atoms with van der Waals surface area (Å²) in [5.74, 6) is -0.499. The zero-order chi connectivity index (χ0) is 8.97. The molecule has 3 nitrogen and oxygen atoms in total. The first kappa shape index (κ1) is 12.5. The maximum absolute atomic E-state index is 10.3. The van der Waals surface area contributed by atoms with E-state index in [0.717, 1.165) is 0 Å². The number of hydrogen-bond donors (Lipinski definition) is 0. The summed E-state index contributed by atoms with van der Waals surface area (Å²) >= 11 is 0. The summed E-state index contributed by atoms with van der Waals surface area (Å²) in [5, 5.41) is 10.3. The monoisotopic (exact) mass is 188 g/mol. The molecule has 1 aromatic carbocycles. The third kappa shape index (κ3) is 3.81. The van der Waals surface area contributed by atoms with Crippen molar-refractivity contribution in [3.05, 3.63) is 29.8 Å². The van der Waals surface area contributed by atoms with Crippen LogP contribution in [0.25, 0.3) is 0 Å². The van der Waals surface area contributed by atoms with E-state index in [-0.39, 0.29) is 35.1 Å². The smallest absolute Gasteiger partial charge is 0.545 e. The fourth-order valence-corrected chi connectivity index (χ4v) is 0.854. The molecule has 0 aliphatic carbocycles. The summed E-state index contributed by atoms with van der Waals surface area (Å²) in [4.78, 5) is 10.3. The average Bonchev–Trinajstić information content (AvgIpc) is 2.06. The third-order valence-electron chi connectivity index (χ3n) is 1.40. The van der Waals surface area contributed by atoms with E-state index in [1.165, 1.54) is 12.1 Å². The van der Waals surface area contributed by atoms with E-state index in [1.54, 1.807) is 12.1 Å². The van der Waals surface area contributed by atoms with Crippen molar-refractivity contribution < 1.29 is 44.2 Å². The van der Waals surface area contributed by atoms with E-state index in [2.05, 4.69) is 0 Å². The minimum atomic E-state index is -1.17. The molecule has 0 aliphatic rings. The Bertz CT molecular complexity index is 269. The van der Waals surface area contributed by atoms with Gasteiger partial charge in [-0.2, -0.15) is 0 Å². The average molecular weight is 188 g/mol. The first-order valence-electron chi connectivity index (χ1n) is 3.68. The van der Waals surface area contributed by atoms with Crippen LogP contribution in [0.4, 0.5) is 0 Å². The van der Waals surface area contributed by atoms with Crippen LogP contribution in [0.15, 0.2) is 24.3 Å². The zero-order valence-electron chi connectivity index (χ0n) is 7.74. The molecule has 1 rings (SSSR count). The van der Waals surface area contributed by atoms with E-state index < -0.39 is 5.97 Å². The number of benzene rings is 1. The van der Waals surface area contributed by atoms with Crippen LogP contribution < -0.4 is 39.4 Å². The van der Waals surface area contributed by atoms with Crippen molar-refractivity contribution in [3.8, 4) is 5.75 Å². The van der Waals surface area contributed by atoms with Gasteiger partial charge in [0.2, 0.25) is 0 Å². The topological polar surface area (TPSA) is 49.4 Å². The second-order valence-electron chi connectivity index (χ2n) is 2.24. The van der Waals surface area contributed by atoms with E-state index in [1.807, 2.05) is 6.92 Å². The van der Waals surface area contributed by atoms with Crippen LogP contribution in [0.5, 0.6) is 5.75 Å². The van der Waals surface area contributed by atoms with Crippen molar-refractivity contribution >= 4 is 5.97 Å². The molecule has 1 aromatic rings. The molecule has 0 fully saturated rings. The molecule has 0 heterocycles. The molecule has 0 saturated heterocycles. The van der Waals surface area contributed by atoms with Crippen molar-refractivity contribution in [2.75, 3.05) is 6.61 Å². The van der Waals surface area contributed by atoms with Gasteiger partial charge in [0.1, 0.15) is 5.75 Å². The summed E-state index contributed by atoms with van der Waals surface area (Å²) in [7, 11) is 0. The van der Waals surface area contributed by atoms with Crippen LogP contribution in [0.2, 0.25) is 0 Å². The first-order chi connectivity index (χ1) is 5.74. The maximum Gasteiger partial charge on any atom is 1.00 e. The van der Waals surface area contributed by atoms with Gasteiger partial charge in [-0.3, -0.25) is 0 Å². The fraction of sp³-hybridized carbons (Fsp3) is 0.222. The summed E-state index contributed by atoms with van der Waals surface area (Å²) in [6, 6.07) is 6.13. The third-order valence-corrected chi connectivity index (χ3v) is 1.40. The number of carbonyl (C=O) groups excluding carboxylic acids is 1. The van der Waals surface area contributed by atoms with Crippen molar-refractivity contribution in [2.45, 2.75) is 6.92 Å². The van der Waals surface area contributed by atoms with E-state index >= 15 is 0 Å². The van der Waals surface area contributed by atoms with Gasteiger partial charge in [0.05, 0.1) is 12.6 Å². The molecule has 4 heteroatoms. The number of ether oxygens (including phenoxy) is 1. The number of aromatic carboxylic acids is 1. The molecule has 13 heavy (non-hydrogen) atoms. The minimum Gasteiger partial charge on any atom is -0.545 e. The normalized spacial score (nSPS) is 8.69. The van der Waals surface area contributed by atoms with Gasteiger partial charge in [0.15, 0.2) is 0 Å². The molecule has 0 atom stereocenters. The van der Waals surface area contributed by atoms with Crippen LogP contribution >= 0.6 is 0 Å². The van der Waals surface area contributed by atoms with Gasteiger partial charge < -0.3 is 14.6 Å². The van der Waals surface area contributed by atoms with Crippen LogP contribution in [0.1, 0.15) is 17.3 Å². The number of carboxylic acids is 1. The Morgan fingerprint density at radius 3 is 2.31 bits per heavy atom. The van der Waals surface area contributed by atoms with Gasteiger partial charge >= 0.3 is 29.6 Å². The van der Waals surface area contributed by atoms with Gasteiger partial charge in [0.25, 0.3) is 0 Å². The first-order valence-corrected chi connectivity index (χ1v) is 3.68. The molecule has 0 radical (unpaired) electrons. The molecule has 64 valence electrons. The van der Waals surface area contributed by atoms with Crippen molar-refractivity contribution in [2.24, 2.45) is 0 Å². The Morgan fingerprint density at radius 1 is 1.38 bits per heavy atom. The number of hydrogen-bond acceptors (Lipinski definition) is 3. The van der Waals surface area contributed by atoms with Crippen LogP contribution in [-0.4, -0.2) is 12.6 Å². The van der Waals surface area contributed by atoms with Gasteiger partial charge in [-0.1, -0.05) is 0 Å². The molecule has 0 amide bonds. The fourth-order valence-electron chi connectivity index (χ4n) is 0.854. The number of rotatable bonds is 3. The molecule has 0 aromatic heterocycles. The van der Waals surface area contributed by atoms with Crippen LogP contribution in [-0.2, 0) is 0 Å². The largest absolute Gasteiger partial charge is 1.00 e. The molecule has 0 aliphatic heterocycles. The van der Waals surface area contributed by atoms with Crippen LogP contribution in [0, 0.1) is 0 Å². The number of carboxylic acid groups (broad SMARTS) is 1. The quantitative estimate of drug-likeness (QED) is 0.491. The van der Waals surface area contributed by atoms with E-state index in [9.17, 15) is 9.90 Å². The zero-order valence-corrected chi connectivity index (χ0v) is 9.74. The Kier molecular flexibility index (Phi) is 5.79. The second kappa shape index (κ2) is 6.02. The van der Waals surface area contributed by atoms with Gasteiger partial charge in [-0.25, -0.2) is 0 Å². The van der Waals surface area contributed by atoms with Gasteiger partial charge in [0, 0.05) is 0 Å². The Labute approximate surface area is 99.0 Å². The molecule has 0 bridgehead atoms. The molecular weight excluding hydrogens is 179 g/mol. The Balaban J connectivity index is 0.00000144. The second-order valence-corrected chi connectivity index (χ2v) is 2.24. The summed E-state index contributed by atoms with van der Waals surface area (Å²) in [5.41, 5.74) is 0.165. The predicted octanol–water partition coefficient (Wildman–Crippen LogP) is -2.55. The summed E-state index contributed by atoms with van der Waals surface area (Å²) in [6.45, 7) is 2.44. The standard InChI is InChI=1S/C9H10O3.Na/c1-2-12-8-5-3-7(4-6-8)9(10)11;/h3-6H,2H2,1H3,(H,10,11);/q;+1/p-1. The predicted molar refractivity (Wildman–Crippen MR) is 41.9 cm³/mol. The minimum absolute atomic E-state index is 0. The summed E-state index contributed by atoms with van der Waals surface area (Å²) < 4.78 is 5.13. The van der Waals surface area contributed by atoms with Gasteiger partial charge in [-0.15, -0.1) is 0 Å². The van der Waals surface area contributed by atoms with Crippen molar-refractivity contribution in [1.29, 1.82) is 0 Å². The Hall–Kier alpha value is -0.510. The van der Waals surface area contributed by atoms with E-state index in [4.69, 9.17) is 4.74 Å². The number of carbonyl (C=O) groups is 1. The summed E-state index contributed by atoms with van der Waals surface area (Å²) in [6.07, 6.45) is 0. The molecular formula is C9H9NaO3. The SMILES string of the molecule is CCOc1ccc(C(=O)[O-])cc1.[Na+]. The van der Waals surface area contributed by atoms with Gasteiger partial charge in [-0.05, 0) is 36.8 Å². The maximum atomic E-state index is 10.3. The molecule has 0 spiro atoms. The van der Waals surface area contributed by atoms with Crippen LogP contribution in [0.3, 0.4) is 0 Å². The molecule has 0 unspecified atom stereocenters. The molecule has 0 N–H and O–H groups in total. The molecule has 0 saturated carbocycles. The Morgan fingerprint density at radius 2 is 1.92 bits per heavy atom. The van der Waals surface area contributed by atoms with Crippen molar-refractivity contribution in [3.63, 3.8) is 0 Å². The van der Waals surface area contributed by atoms with Crippen molar-refractivity contribution in [1.82, 2.24) is 0 Å².